The van der Waals surface area contributed by atoms with Gasteiger partial charge >= 0.3 is 5.97 Å². The number of halogens is 1. The Morgan fingerprint density at radius 1 is 1.19 bits per heavy atom. The maximum atomic E-state index is 13.1. The number of rotatable bonds is 6. The second-order valence-electron chi connectivity index (χ2n) is 8.74. The minimum absolute atomic E-state index is 0.0611. The van der Waals surface area contributed by atoms with Gasteiger partial charge in [0.1, 0.15) is 11.5 Å². The lowest BCUT2D eigenvalue weighted by atomic mass is 9.73. The Morgan fingerprint density at radius 2 is 1.88 bits per heavy atom. The number of hydrogen-bond donors (Lipinski definition) is 0. The van der Waals surface area contributed by atoms with Crippen LogP contribution in [0.5, 0.6) is 11.5 Å². The summed E-state index contributed by atoms with van der Waals surface area (Å²) in [6.45, 7) is 4.10. The monoisotopic (exact) mass is 509 g/mol. The number of fused-ring (bicyclic) bond motifs is 2. The summed E-state index contributed by atoms with van der Waals surface area (Å²) in [5, 5.41) is 0. The molecule has 8 nitrogen and oxygen atoms in total. The van der Waals surface area contributed by atoms with E-state index in [0.717, 1.165) is 10.0 Å². The number of ether oxygens (including phenoxy) is 5. The molecule has 1 aromatic rings. The van der Waals surface area contributed by atoms with E-state index in [0.29, 0.717) is 36.6 Å². The summed E-state index contributed by atoms with van der Waals surface area (Å²) in [4.78, 5) is 27.7. The first kappa shape index (κ1) is 23.1. The van der Waals surface area contributed by atoms with Crippen LogP contribution in [-0.4, -0.2) is 62.6 Å². The lowest BCUT2D eigenvalue weighted by Gasteiger charge is -2.36. The van der Waals surface area contributed by atoms with Crippen LogP contribution in [0.3, 0.4) is 0 Å². The third-order valence-electron chi connectivity index (χ3n) is 6.36. The molecule has 2 heterocycles. The molecule has 0 N–H and O–H groups in total. The van der Waals surface area contributed by atoms with Crippen molar-refractivity contribution in [1.29, 1.82) is 0 Å². The van der Waals surface area contributed by atoms with Crippen molar-refractivity contribution in [1.82, 2.24) is 4.90 Å². The molecule has 0 aromatic heterocycles. The lowest BCUT2D eigenvalue weighted by Crippen LogP contribution is -2.44. The van der Waals surface area contributed by atoms with E-state index in [4.69, 9.17) is 23.7 Å². The van der Waals surface area contributed by atoms with E-state index in [1.807, 2.05) is 32.1 Å². The molecule has 0 bridgehead atoms. The minimum Gasteiger partial charge on any atom is -0.493 e. The number of carbonyl (C=O) groups is 2. The largest absolute Gasteiger partial charge is 0.493 e. The predicted molar refractivity (Wildman–Crippen MR) is 118 cm³/mol. The van der Waals surface area contributed by atoms with Gasteiger partial charge in [0.2, 0.25) is 5.91 Å². The highest BCUT2D eigenvalue weighted by Crippen LogP contribution is 2.52. The average molecular weight is 510 g/mol. The van der Waals surface area contributed by atoms with Gasteiger partial charge < -0.3 is 28.6 Å². The molecule has 9 heteroatoms. The van der Waals surface area contributed by atoms with Crippen molar-refractivity contribution >= 4 is 27.8 Å². The van der Waals surface area contributed by atoms with Crippen molar-refractivity contribution in [3.8, 4) is 11.5 Å². The molecule has 3 aliphatic rings. The third kappa shape index (κ3) is 3.80. The zero-order chi connectivity index (χ0) is 23.3. The SMILES string of the molecule is COC(=O)[C@]12CC(=O)N(CCc3cc(OC)c(OC)cc3Br)C1=C[C@H]1OC(C)(C)O[C@H]1C2. The van der Waals surface area contributed by atoms with Crippen LogP contribution < -0.4 is 9.47 Å². The predicted octanol–water partition coefficient (Wildman–Crippen LogP) is 3.21. The quantitative estimate of drug-likeness (QED) is 0.544. The van der Waals surface area contributed by atoms with Crippen molar-refractivity contribution in [3.63, 3.8) is 0 Å². The number of carbonyl (C=O) groups excluding carboxylic acids is 2. The van der Waals surface area contributed by atoms with Crippen LogP contribution in [0.4, 0.5) is 0 Å². The molecule has 2 saturated heterocycles. The van der Waals surface area contributed by atoms with Gasteiger partial charge in [-0.2, -0.15) is 0 Å². The van der Waals surface area contributed by atoms with Crippen molar-refractivity contribution < 1.29 is 33.3 Å². The number of nitrogens with zero attached hydrogens (tertiary/aromatic N) is 1. The van der Waals surface area contributed by atoms with Crippen molar-refractivity contribution in [2.24, 2.45) is 5.41 Å². The minimum atomic E-state index is -1.05. The lowest BCUT2D eigenvalue weighted by molar-refractivity contribution is -0.157. The number of amides is 1. The summed E-state index contributed by atoms with van der Waals surface area (Å²) in [7, 11) is 4.52. The molecule has 1 aromatic carbocycles. The Labute approximate surface area is 195 Å². The summed E-state index contributed by atoms with van der Waals surface area (Å²) in [5.41, 5.74) is 0.557. The van der Waals surface area contributed by atoms with Crippen LogP contribution in [0.25, 0.3) is 0 Å². The van der Waals surface area contributed by atoms with Crippen LogP contribution in [-0.2, 0) is 30.2 Å². The summed E-state index contributed by atoms with van der Waals surface area (Å²) < 4.78 is 28.8. The van der Waals surface area contributed by atoms with E-state index < -0.39 is 17.2 Å². The summed E-state index contributed by atoms with van der Waals surface area (Å²) in [5.74, 6) is -0.0501. The Balaban J connectivity index is 1.64. The summed E-state index contributed by atoms with van der Waals surface area (Å²) >= 11 is 3.57. The number of hydrogen-bond acceptors (Lipinski definition) is 7. The van der Waals surface area contributed by atoms with E-state index in [1.54, 1.807) is 19.1 Å². The van der Waals surface area contributed by atoms with Gasteiger partial charge in [-0.15, -0.1) is 0 Å². The standard InChI is InChI=1S/C23H28BrNO7/c1-22(2)31-17-10-19-23(21(27)30-5,11-18(17)32-22)12-20(26)25(19)7-6-13-8-15(28-3)16(29-4)9-14(13)24/h8-10,17-18H,6-7,11-12H2,1-5H3/t17-,18+,23-/m1/s1. The van der Waals surface area contributed by atoms with Crippen LogP contribution >= 0.6 is 15.9 Å². The molecule has 3 atom stereocenters. The Hall–Kier alpha value is -2.10. The second-order valence-corrected chi connectivity index (χ2v) is 9.59. The van der Waals surface area contributed by atoms with Crippen molar-refractivity contribution in [2.75, 3.05) is 27.9 Å². The fourth-order valence-electron chi connectivity index (χ4n) is 4.94. The number of likely N-dealkylation sites (tertiary alicyclic amines) is 1. The van der Waals surface area contributed by atoms with Gasteiger partial charge in [0, 0.05) is 23.1 Å². The smallest absolute Gasteiger partial charge is 0.318 e. The maximum Gasteiger partial charge on any atom is 0.318 e. The van der Waals surface area contributed by atoms with Crippen molar-refractivity contribution in [3.05, 3.63) is 33.9 Å². The highest BCUT2D eigenvalue weighted by Gasteiger charge is 2.60. The van der Waals surface area contributed by atoms with Gasteiger partial charge in [-0.1, -0.05) is 15.9 Å². The third-order valence-corrected chi connectivity index (χ3v) is 7.10. The first-order valence-corrected chi connectivity index (χ1v) is 11.3. The Bertz CT molecular complexity index is 975. The van der Waals surface area contributed by atoms with E-state index in [9.17, 15) is 9.59 Å². The molecular formula is C23H28BrNO7. The van der Waals surface area contributed by atoms with Gasteiger partial charge in [0.05, 0.1) is 27.4 Å². The molecule has 1 aliphatic carbocycles. The Morgan fingerprint density at radius 3 is 2.53 bits per heavy atom. The van der Waals surface area contributed by atoms with Gasteiger partial charge in [-0.05, 0) is 50.5 Å². The number of esters is 1. The molecule has 174 valence electrons. The van der Waals surface area contributed by atoms with E-state index in [2.05, 4.69) is 15.9 Å². The highest BCUT2D eigenvalue weighted by atomic mass is 79.9. The van der Waals surface area contributed by atoms with Crippen LogP contribution in [0.1, 0.15) is 32.3 Å². The Kier molecular flexibility index (Phi) is 6.02. The highest BCUT2D eigenvalue weighted by molar-refractivity contribution is 9.10. The van der Waals surface area contributed by atoms with Gasteiger partial charge in [0.25, 0.3) is 0 Å². The first-order valence-electron chi connectivity index (χ1n) is 10.5. The molecule has 32 heavy (non-hydrogen) atoms. The van der Waals surface area contributed by atoms with Crippen LogP contribution in [0.2, 0.25) is 0 Å². The molecule has 0 radical (unpaired) electrons. The normalized spacial score (nSPS) is 28.1. The van der Waals surface area contributed by atoms with Gasteiger partial charge in [0.15, 0.2) is 17.3 Å². The second kappa shape index (κ2) is 8.35. The molecular weight excluding hydrogens is 482 g/mol. The fraction of sp³-hybridized carbons (Fsp3) is 0.565. The number of benzene rings is 1. The summed E-state index contributed by atoms with van der Waals surface area (Å²) in [6.07, 6.45) is 2.21. The molecule has 4 rings (SSSR count). The molecule has 0 unspecified atom stereocenters. The average Bonchev–Trinajstić information content (AvgIpc) is 3.20. The maximum absolute atomic E-state index is 13.1. The van der Waals surface area contributed by atoms with E-state index in [-0.39, 0.29) is 24.5 Å². The topological polar surface area (TPSA) is 83.5 Å². The van der Waals surface area contributed by atoms with Gasteiger partial charge in [-0.25, -0.2) is 0 Å². The van der Waals surface area contributed by atoms with E-state index in [1.165, 1.54) is 7.11 Å². The molecule has 1 amide bonds. The van der Waals surface area contributed by atoms with Gasteiger partial charge in [-0.3, -0.25) is 9.59 Å². The molecule has 2 fully saturated rings. The zero-order valence-corrected chi connectivity index (χ0v) is 20.5. The molecule has 2 aliphatic heterocycles. The van der Waals surface area contributed by atoms with Crippen molar-refractivity contribution in [2.45, 2.75) is 51.1 Å². The zero-order valence-electron chi connectivity index (χ0n) is 18.9. The molecule has 0 spiro atoms. The number of methoxy groups -OCH3 is 3. The van der Waals surface area contributed by atoms with Crippen LogP contribution in [0, 0.1) is 5.41 Å². The fourth-order valence-corrected chi connectivity index (χ4v) is 5.47. The van der Waals surface area contributed by atoms with Crippen LogP contribution in [0.15, 0.2) is 28.4 Å². The first-order chi connectivity index (χ1) is 15.1. The van der Waals surface area contributed by atoms with E-state index >= 15 is 0 Å². The summed E-state index contributed by atoms with van der Waals surface area (Å²) in [6, 6.07) is 3.73. The molecule has 0 saturated carbocycles.